The molecule has 9 heteroatoms. The number of benzene rings is 1. The largest absolute Gasteiger partial charge is 0.323 e. The van der Waals surface area contributed by atoms with Crippen molar-refractivity contribution in [2.24, 2.45) is 14.1 Å². The molecule has 0 aliphatic rings. The predicted octanol–water partition coefficient (Wildman–Crippen LogP) is 3.31. The lowest BCUT2D eigenvalue weighted by Gasteiger charge is -2.04. The fraction of sp³-hybridized carbons (Fsp3) is 0.176. The number of aryl methyl sites for hydroxylation is 3. The molecule has 0 spiro atoms. The molecule has 3 aromatic rings. The minimum absolute atomic E-state index is 0.238. The zero-order valence-corrected chi connectivity index (χ0v) is 16.0. The van der Waals surface area contributed by atoms with E-state index < -0.39 is 0 Å². The molecule has 134 valence electrons. The van der Waals surface area contributed by atoms with Gasteiger partial charge >= 0.3 is 0 Å². The highest BCUT2D eigenvalue weighted by molar-refractivity contribution is 7.99. The standard InChI is InChI=1S/C17H17ClN6OS/c1-11-14(16(18)24(3)22-11)8-9-15(25)20-12-4-6-13(7-5-12)26-17-21-19-10-23(17)2/h4-10H,1-3H3,(H,20,25)/b9-8+. The van der Waals surface area contributed by atoms with Crippen LogP contribution in [0.5, 0.6) is 0 Å². The Balaban J connectivity index is 1.62. The van der Waals surface area contributed by atoms with Crippen molar-refractivity contribution in [1.29, 1.82) is 0 Å². The fourth-order valence-electron chi connectivity index (χ4n) is 2.26. The van der Waals surface area contributed by atoms with E-state index >= 15 is 0 Å². The number of nitrogens with one attached hydrogen (secondary N) is 1. The van der Waals surface area contributed by atoms with Crippen LogP contribution in [0.3, 0.4) is 0 Å². The van der Waals surface area contributed by atoms with Crippen molar-refractivity contribution < 1.29 is 4.79 Å². The van der Waals surface area contributed by atoms with Crippen molar-refractivity contribution in [2.45, 2.75) is 17.0 Å². The summed E-state index contributed by atoms with van der Waals surface area (Å²) >= 11 is 7.65. The zero-order chi connectivity index (χ0) is 18.7. The SMILES string of the molecule is Cc1nn(C)c(Cl)c1/C=C/C(=O)Nc1ccc(Sc2nncn2C)cc1. The van der Waals surface area contributed by atoms with Crippen LogP contribution in [-0.4, -0.2) is 30.5 Å². The Morgan fingerprint density at radius 1 is 1.27 bits per heavy atom. The van der Waals surface area contributed by atoms with E-state index in [2.05, 4.69) is 20.6 Å². The van der Waals surface area contributed by atoms with Crippen LogP contribution in [-0.2, 0) is 18.9 Å². The summed E-state index contributed by atoms with van der Waals surface area (Å²) in [6.07, 6.45) is 4.76. The number of nitrogens with zero attached hydrogens (tertiary/aromatic N) is 5. The first kappa shape index (κ1) is 18.2. The van der Waals surface area contributed by atoms with Crippen LogP contribution < -0.4 is 5.32 Å². The molecule has 0 unspecified atom stereocenters. The molecule has 0 fully saturated rings. The highest BCUT2D eigenvalue weighted by Gasteiger charge is 2.09. The highest BCUT2D eigenvalue weighted by Crippen LogP contribution is 2.26. The number of carbonyl (C=O) groups is 1. The summed E-state index contributed by atoms with van der Waals surface area (Å²) in [6, 6.07) is 7.51. The van der Waals surface area contributed by atoms with E-state index in [9.17, 15) is 4.79 Å². The van der Waals surface area contributed by atoms with Gasteiger partial charge < -0.3 is 9.88 Å². The van der Waals surface area contributed by atoms with Gasteiger partial charge in [-0.2, -0.15) is 5.10 Å². The van der Waals surface area contributed by atoms with Crippen molar-refractivity contribution >= 4 is 41.0 Å². The van der Waals surface area contributed by atoms with Crippen molar-refractivity contribution in [3.05, 3.63) is 53.1 Å². The molecule has 1 aromatic carbocycles. The average Bonchev–Trinajstić information content (AvgIpc) is 3.11. The predicted molar refractivity (Wildman–Crippen MR) is 102 cm³/mol. The lowest BCUT2D eigenvalue weighted by molar-refractivity contribution is -0.111. The molecule has 2 aromatic heterocycles. The first-order chi connectivity index (χ1) is 12.4. The van der Waals surface area contributed by atoms with Gasteiger partial charge in [0.1, 0.15) is 11.5 Å². The molecule has 7 nitrogen and oxygen atoms in total. The molecular weight excluding hydrogens is 372 g/mol. The maximum Gasteiger partial charge on any atom is 0.248 e. The molecule has 26 heavy (non-hydrogen) atoms. The first-order valence-corrected chi connectivity index (χ1v) is 8.93. The highest BCUT2D eigenvalue weighted by atomic mass is 35.5. The van der Waals surface area contributed by atoms with E-state index in [0.717, 1.165) is 21.3 Å². The number of aromatic nitrogens is 5. The van der Waals surface area contributed by atoms with E-state index in [-0.39, 0.29) is 5.91 Å². The van der Waals surface area contributed by atoms with E-state index in [1.165, 1.54) is 17.8 Å². The van der Waals surface area contributed by atoms with Gasteiger partial charge in [-0.05, 0) is 49.0 Å². The number of carbonyl (C=O) groups excluding carboxylic acids is 1. The number of halogens is 1. The zero-order valence-electron chi connectivity index (χ0n) is 14.5. The number of amides is 1. The molecule has 1 N–H and O–H groups in total. The smallest absolute Gasteiger partial charge is 0.248 e. The Kier molecular flexibility index (Phi) is 5.43. The van der Waals surface area contributed by atoms with E-state index in [0.29, 0.717) is 10.8 Å². The number of rotatable bonds is 5. The van der Waals surface area contributed by atoms with Gasteiger partial charge in [0.25, 0.3) is 0 Å². The van der Waals surface area contributed by atoms with Gasteiger partial charge in [-0.3, -0.25) is 9.48 Å². The third-order valence-electron chi connectivity index (χ3n) is 3.60. The van der Waals surface area contributed by atoms with Gasteiger partial charge in [-0.15, -0.1) is 10.2 Å². The minimum Gasteiger partial charge on any atom is -0.323 e. The third kappa shape index (κ3) is 4.14. The van der Waals surface area contributed by atoms with Crippen molar-refractivity contribution in [1.82, 2.24) is 24.5 Å². The fourth-order valence-corrected chi connectivity index (χ4v) is 3.26. The second-order valence-corrected chi connectivity index (χ2v) is 6.99. The molecule has 0 saturated heterocycles. The van der Waals surface area contributed by atoms with E-state index in [1.54, 1.807) is 24.1 Å². The topological polar surface area (TPSA) is 77.6 Å². The van der Waals surface area contributed by atoms with Gasteiger partial charge in [-0.25, -0.2) is 0 Å². The lowest BCUT2D eigenvalue weighted by Crippen LogP contribution is -2.07. The molecule has 3 rings (SSSR count). The van der Waals surface area contributed by atoms with Gasteiger partial charge in [0.05, 0.1) is 5.69 Å². The average molecular weight is 389 g/mol. The second kappa shape index (κ2) is 7.76. The summed E-state index contributed by atoms with van der Waals surface area (Å²) in [5.41, 5.74) is 2.21. The van der Waals surface area contributed by atoms with Crippen LogP contribution in [0.2, 0.25) is 5.15 Å². The van der Waals surface area contributed by atoms with Crippen molar-refractivity contribution in [3.63, 3.8) is 0 Å². The van der Waals surface area contributed by atoms with Gasteiger partial charge in [-0.1, -0.05) is 11.6 Å². The van der Waals surface area contributed by atoms with E-state index in [1.807, 2.05) is 42.8 Å². The quantitative estimate of drug-likeness (QED) is 0.678. The van der Waals surface area contributed by atoms with E-state index in [4.69, 9.17) is 11.6 Å². The first-order valence-electron chi connectivity index (χ1n) is 7.74. The summed E-state index contributed by atoms with van der Waals surface area (Å²) in [5.74, 6) is -0.238. The Bertz CT molecular complexity index is 960. The lowest BCUT2D eigenvalue weighted by atomic mass is 10.2. The Morgan fingerprint density at radius 2 is 2.00 bits per heavy atom. The molecule has 1 amide bonds. The molecule has 0 aliphatic heterocycles. The van der Waals surface area contributed by atoms with Crippen LogP contribution in [0.25, 0.3) is 6.08 Å². The summed E-state index contributed by atoms with van der Waals surface area (Å²) in [6.45, 7) is 1.84. The normalized spacial score (nSPS) is 11.2. The number of anilines is 1. The molecule has 0 saturated carbocycles. The molecule has 0 radical (unpaired) electrons. The monoisotopic (exact) mass is 388 g/mol. The van der Waals surface area contributed by atoms with Crippen LogP contribution >= 0.6 is 23.4 Å². The molecular formula is C17H17ClN6OS. The van der Waals surface area contributed by atoms with Crippen LogP contribution in [0.15, 0.2) is 46.7 Å². The number of hydrogen-bond acceptors (Lipinski definition) is 5. The molecule has 0 bridgehead atoms. The summed E-state index contributed by atoms with van der Waals surface area (Å²) in [7, 11) is 3.65. The summed E-state index contributed by atoms with van der Waals surface area (Å²) in [5, 5.41) is 16.2. The molecule has 0 atom stereocenters. The van der Waals surface area contributed by atoms with Crippen LogP contribution in [0.4, 0.5) is 5.69 Å². The van der Waals surface area contributed by atoms with Crippen molar-refractivity contribution in [2.75, 3.05) is 5.32 Å². The maximum absolute atomic E-state index is 12.1. The van der Waals surface area contributed by atoms with Gasteiger partial charge in [0.15, 0.2) is 5.16 Å². The van der Waals surface area contributed by atoms with Crippen molar-refractivity contribution in [3.8, 4) is 0 Å². The Morgan fingerprint density at radius 3 is 2.58 bits per heavy atom. The minimum atomic E-state index is -0.238. The maximum atomic E-state index is 12.1. The summed E-state index contributed by atoms with van der Waals surface area (Å²) < 4.78 is 3.42. The van der Waals surface area contributed by atoms with Crippen LogP contribution in [0.1, 0.15) is 11.3 Å². The summed E-state index contributed by atoms with van der Waals surface area (Å²) in [4.78, 5) is 13.1. The van der Waals surface area contributed by atoms with Crippen LogP contribution in [0, 0.1) is 6.92 Å². The molecule has 0 aliphatic carbocycles. The van der Waals surface area contributed by atoms with Gasteiger partial charge in [0.2, 0.25) is 5.91 Å². The molecule has 2 heterocycles. The Hall–Kier alpha value is -2.58. The Labute approximate surface area is 160 Å². The van der Waals surface area contributed by atoms with Gasteiger partial charge in [0, 0.05) is 36.3 Å². The number of hydrogen-bond donors (Lipinski definition) is 1. The second-order valence-electron chi connectivity index (χ2n) is 5.59. The third-order valence-corrected chi connectivity index (χ3v) is 5.11.